The molecule has 0 bridgehead atoms. The Bertz CT molecular complexity index is 735. The number of anilines is 2. The van der Waals surface area contributed by atoms with E-state index in [0.29, 0.717) is 30.2 Å². The molecule has 0 radical (unpaired) electrons. The van der Waals surface area contributed by atoms with E-state index in [1.807, 2.05) is 31.3 Å². The van der Waals surface area contributed by atoms with Crippen LogP contribution in [-0.2, 0) is 11.2 Å². The zero-order valence-electron chi connectivity index (χ0n) is 16.5. The van der Waals surface area contributed by atoms with E-state index in [2.05, 4.69) is 27.3 Å². The molecule has 27 heavy (non-hydrogen) atoms. The van der Waals surface area contributed by atoms with Crippen molar-refractivity contribution in [3.05, 3.63) is 35.9 Å². The lowest BCUT2D eigenvalue weighted by Crippen LogP contribution is -2.20. The van der Waals surface area contributed by atoms with E-state index in [9.17, 15) is 4.79 Å². The van der Waals surface area contributed by atoms with Crippen molar-refractivity contribution in [3.8, 4) is 11.5 Å². The number of ether oxygens (including phenoxy) is 2. The SMILES string of the molecule is CCCCN(C)c1ccc(NC(=O)CCc2ccc(OC)c(OC)c2)nn1. The Morgan fingerprint density at radius 3 is 2.52 bits per heavy atom. The van der Waals surface area contributed by atoms with Gasteiger partial charge < -0.3 is 19.7 Å². The molecule has 1 N–H and O–H groups in total. The third kappa shape index (κ3) is 6.13. The highest BCUT2D eigenvalue weighted by molar-refractivity contribution is 5.89. The number of aryl methyl sites for hydroxylation is 1. The summed E-state index contributed by atoms with van der Waals surface area (Å²) < 4.78 is 10.5. The molecule has 0 saturated heterocycles. The molecular weight excluding hydrogens is 344 g/mol. The first-order valence-electron chi connectivity index (χ1n) is 9.13. The average Bonchev–Trinajstić information content (AvgIpc) is 2.70. The first kappa shape index (κ1) is 20.5. The number of methoxy groups -OCH3 is 2. The summed E-state index contributed by atoms with van der Waals surface area (Å²) in [5, 5.41) is 11.1. The quantitative estimate of drug-likeness (QED) is 0.690. The van der Waals surface area contributed by atoms with Gasteiger partial charge in [0.15, 0.2) is 23.1 Å². The van der Waals surface area contributed by atoms with Crippen molar-refractivity contribution in [1.29, 1.82) is 0 Å². The fourth-order valence-corrected chi connectivity index (χ4v) is 2.60. The number of unbranched alkanes of at least 4 members (excludes halogenated alkanes) is 1. The lowest BCUT2D eigenvalue weighted by Gasteiger charge is -2.17. The first-order valence-corrected chi connectivity index (χ1v) is 9.13. The molecule has 7 heteroatoms. The number of benzene rings is 1. The van der Waals surface area contributed by atoms with Gasteiger partial charge in [0.25, 0.3) is 0 Å². The second-order valence-corrected chi connectivity index (χ2v) is 6.29. The van der Waals surface area contributed by atoms with Crippen LogP contribution in [0.4, 0.5) is 11.6 Å². The molecule has 7 nitrogen and oxygen atoms in total. The minimum atomic E-state index is -0.105. The minimum Gasteiger partial charge on any atom is -0.493 e. The summed E-state index contributed by atoms with van der Waals surface area (Å²) in [7, 11) is 5.18. The molecule has 1 heterocycles. The molecule has 0 aliphatic rings. The molecule has 146 valence electrons. The van der Waals surface area contributed by atoms with Gasteiger partial charge in [-0.15, -0.1) is 10.2 Å². The number of nitrogens with one attached hydrogen (secondary N) is 1. The summed E-state index contributed by atoms with van der Waals surface area (Å²) in [4.78, 5) is 14.2. The van der Waals surface area contributed by atoms with E-state index in [1.165, 1.54) is 0 Å². The normalized spacial score (nSPS) is 10.4. The molecule has 0 aliphatic carbocycles. The van der Waals surface area contributed by atoms with Crippen molar-refractivity contribution >= 4 is 17.5 Å². The first-order chi connectivity index (χ1) is 13.1. The van der Waals surface area contributed by atoms with E-state index in [-0.39, 0.29) is 5.91 Å². The summed E-state index contributed by atoms with van der Waals surface area (Å²) in [5.74, 6) is 2.48. The molecule has 0 aliphatic heterocycles. The number of nitrogens with zero attached hydrogens (tertiary/aromatic N) is 3. The summed E-state index contributed by atoms with van der Waals surface area (Å²) in [6, 6.07) is 9.29. The zero-order valence-corrected chi connectivity index (χ0v) is 16.5. The lowest BCUT2D eigenvalue weighted by atomic mass is 10.1. The summed E-state index contributed by atoms with van der Waals surface area (Å²) in [6.45, 7) is 3.09. The maximum atomic E-state index is 12.2. The third-order valence-corrected chi connectivity index (χ3v) is 4.24. The van der Waals surface area contributed by atoms with Crippen LogP contribution in [0.25, 0.3) is 0 Å². The van der Waals surface area contributed by atoms with Crippen molar-refractivity contribution in [2.75, 3.05) is 38.0 Å². The van der Waals surface area contributed by atoms with Gasteiger partial charge in [-0.05, 0) is 42.7 Å². The van der Waals surface area contributed by atoms with Crippen LogP contribution in [0.2, 0.25) is 0 Å². The van der Waals surface area contributed by atoms with Crippen molar-refractivity contribution in [2.45, 2.75) is 32.6 Å². The van der Waals surface area contributed by atoms with Crippen LogP contribution in [0.3, 0.4) is 0 Å². The Balaban J connectivity index is 1.87. The standard InChI is InChI=1S/C20H28N4O3/c1-5-6-13-24(2)19-11-10-18(22-23-19)21-20(25)12-8-15-7-9-16(26-3)17(14-15)27-4/h7,9-11,14H,5-6,8,12-13H2,1-4H3,(H,21,22,25). The average molecular weight is 372 g/mol. The lowest BCUT2D eigenvalue weighted by molar-refractivity contribution is -0.116. The van der Waals surface area contributed by atoms with Gasteiger partial charge in [0.05, 0.1) is 14.2 Å². The Kier molecular flexibility index (Phi) is 7.85. The number of carbonyl (C=O) groups excluding carboxylic acids is 1. The van der Waals surface area contributed by atoms with Crippen molar-refractivity contribution < 1.29 is 14.3 Å². The van der Waals surface area contributed by atoms with Crippen LogP contribution >= 0.6 is 0 Å². The highest BCUT2D eigenvalue weighted by Crippen LogP contribution is 2.28. The van der Waals surface area contributed by atoms with Crippen LogP contribution in [0.1, 0.15) is 31.7 Å². The van der Waals surface area contributed by atoms with E-state index in [4.69, 9.17) is 9.47 Å². The molecule has 0 unspecified atom stereocenters. The number of amides is 1. The van der Waals surface area contributed by atoms with Crippen LogP contribution < -0.4 is 19.7 Å². The molecule has 0 saturated carbocycles. The molecule has 0 atom stereocenters. The maximum Gasteiger partial charge on any atom is 0.225 e. The number of hydrogen-bond donors (Lipinski definition) is 1. The van der Waals surface area contributed by atoms with Crippen molar-refractivity contribution in [1.82, 2.24) is 10.2 Å². The Labute approximate surface area is 160 Å². The monoisotopic (exact) mass is 372 g/mol. The zero-order chi connectivity index (χ0) is 19.6. The predicted octanol–water partition coefficient (Wildman–Crippen LogP) is 3.30. The van der Waals surface area contributed by atoms with Crippen LogP contribution in [-0.4, -0.2) is 43.9 Å². The van der Waals surface area contributed by atoms with Gasteiger partial charge in [0, 0.05) is 20.0 Å². The summed E-state index contributed by atoms with van der Waals surface area (Å²) in [5.41, 5.74) is 1.00. The number of carbonyl (C=O) groups is 1. The smallest absolute Gasteiger partial charge is 0.225 e. The summed E-state index contributed by atoms with van der Waals surface area (Å²) in [6.07, 6.45) is 3.17. The Morgan fingerprint density at radius 1 is 1.11 bits per heavy atom. The van der Waals surface area contributed by atoms with Crippen LogP contribution in [0.5, 0.6) is 11.5 Å². The van der Waals surface area contributed by atoms with Gasteiger partial charge in [-0.3, -0.25) is 4.79 Å². The molecule has 1 aromatic carbocycles. The Hall–Kier alpha value is -2.83. The fourth-order valence-electron chi connectivity index (χ4n) is 2.60. The van der Waals surface area contributed by atoms with Crippen molar-refractivity contribution in [2.24, 2.45) is 0 Å². The second kappa shape index (κ2) is 10.4. The molecule has 1 amide bonds. The van der Waals surface area contributed by atoms with Gasteiger partial charge in [0.1, 0.15) is 0 Å². The molecule has 0 spiro atoms. The second-order valence-electron chi connectivity index (χ2n) is 6.29. The van der Waals surface area contributed by atoms with Gasteiger partial charge >= 0.3 is 0 Å². The minimum absolute atomic E-state index is 0.105. The van der Waals surface area contributed by atoms with E-state index in [0.717, 1.165) is 30.8 Å². The van der Waals surface area contributed by atoms with E-state index >= 15 is 0 Å². The number of rotatable bonds is 10. The predicted molar refractivity (Wildman–Crippen MR) is 107 cm³/mol. The fraction of sp³-hybridized carbons (Fsp3) is 0.450. The molecule has 1 aromatic heterocycles. The van der Waals surface area contributed by atoms with Crippen molar-refractivity contribution in [3.63, 3.8) is 0 Å². The van der Waals surface area contributed by atoms with E-state index in [1.54, 1.807) is 20.3 Å². The highest BCUT2D eigenvalue weighted by Gasteiger charge is 2.09. The Morgan fingerprint density at radius 2 is 1.89 bits per heavy atom. The largest absolute Gasteiger partial charge is 0.493 e. The molecular formula is C20H28N4O3. The van der Waals surface area contributed by atoms with Crippen LogP contribution in [0.15, 0.2) is 30.3 Å². The van der Waals surface area contributed by atoms with Gasteiger partial charge in [-0.25, -0.2) is 0 Å². The third-order valence-electron chi connectivity index (χ3n) is 4.24. The molecule has 2 rings (SSSR count). The van der Waals surface area contributed by atoms with Crippen LogP contribution in [0, 0.1) is 0 Å². The molecule has 2 aromatic rings. The maximum absolute atomic E-state index is 12.2. The van der Waals surface area contributed by atoms with E-state index < -0.39 is 0 Å². The topological polar surface area (TPSA) is 76.6 Å². The highest BCUT2D eigenvalue weighted by atomic mass is 16.5. The number of hydrogen-bond acceptors (Lipinski definition) is 6. The molecule has 0 fully saturated rings. The summed E-state index contributed by atoms with van der Waals surface area (Å²) >= 11 is 0. The number of aromatic nitrogens is 2. The van der Waals surface area contributed by atoms with Gasteiger partial charge in [0.2, 0.25) is 5.91 Å². The van der Waals surface area contributed by atoms with Gasteiger partial charge in [-0.2, -0.15) is 0 Å². The van der Waals surface area contributed by atoms with Gasteiger partial charge in [-0.1, -0.05) is 19.4 Å².